The fraction of sp³-hybridized carbons (Fsp3) is 0.100. The first-order valence-electron chi connectivity index (χ1n) is 5.08. The molecular weight excluding hydrogens is 290 g/mol. The molecule has 0 saturated carbocycles. The number of nitrogens with one attached hydrogen (secondary N) is 3. The Balaban J connectivity index is 1.92. The van der Waals surface area contributed by atoms with Gasteiger partial charge in [0.1, 0.15) is 5.00 Å². The van der Waals surface area contributed by atoms with E-state index in [1.54, 1.807) is 10.8 Å². The summed E-state index contributed by atoms with van der Waals surface area (Å²) < 4.78 is 0. The molecule has 0 saturated heterocycles. The van der Waals surface area contributed by atoms with E-state index in [2.05, 4.69) is 15.6 Å². The highest BCUT2D eigenvalue weighted by Gasteiger charge is 2.13. The van der Waals surface area contributed by atoms with E-state index < -0.39 is 12.0 Å². The molecule has 2 heterocycles. The SMILES string of the molecule is O=C(NCc1csc(=O)[nH]1)Nc1sccc1C(=O)O. The Morgan fingerprint density at radius 1 is 1.37 bits per heavy atom. The van der Waals surface area contributed by atoms with Crippen molar-refractivity contribution < 1.29 is 14.7 Å². The molecule has 2 aromatic heterocycles. The summed E-state index contributed by atoms with van der Waals surface area (Å²) in [7, 11) is 0. The molecule has 19 heavy (non-hydrogen) atoms. The van der Waals surface area contributed by atoms with Crippen molar-refractivity contribution in [3.63, 3.8) is 0 Å². The molecule has 0 aliphatic heterocycles. The molecule has 0 fully saturated rings. The van der Waals surface area contributed by atoms with Crippen LogP contribution in [0.3, 0.4) is 0 Å². The lowest BCUT2D eigenvalue weighted by Gasteiger charge is -2.05. The standard InChI is InChI=1S/C10H9N3O4S2/c14-8(15)6-1-2-18-7(6)13-9(16)11-3-5-4-19-10(17)12-5/h1-2,4H,3H2,(H,12,17)(H,14,15)(H2,11,13,16). The van der Waals surface area contributed by atoms with Crippen molar-refractivity contribution in [2.24, 2.45) is 0 Å². The monoisotopic (exact) mass is 299 g/mol. The lowest BCUT2D eigenvalue weighted by Crippen LogP contribution is -2.28. The molecule has 0 spiro atoms. The summed E-state index contributed by atoms with van der Waals surface area (Å²) in [5.74, 6) is -1.10. The van der Waals surface area contributed by atoms with Gasteiger partial charge in [-0.3, -0.25) is 10.1 Å². The lowest BCUT2D eigenvalue weighted by atomic mass is 10.3. The Morgan fingerprint density at radius 2 is 2.16 bits per heavy atom. The Bertz CT molecular complexity index is 658. The Morgan fingerprint density at radius 3 is 2.79 bits per heavy atom. The zero-order valence-electron chi connectivity index (χ0n) is 9.43. The van der Waals surface area contributed by atoms with Crippen molar-refractivity contribution in [1.29, 1.82) is 0 Å². The maximum absolute atomic E-state index is 11.6. The number of carbonyl (C=O) groups excluding carboxylic acids is 1. The van der Waals surface area contributed by atoms with E-state index in [0.717, 1.165) is 22.7 Å². The van der Waals surface area contributed by atoms with Crippen molar-refractivity contribution in [2.75, 3.05) is 5.32 Å². The van der Waals surface area contributed by atoms with E-state index in [0.29, 0.717) is 5.69 Å². The second-order valence-corrected chi connectivity index (χ2v) is 5.21. The van der Waals surface area contributed by atoms with E-state index in [9.17, 15) is 14.4 Å². The molecule has 4 N–H and O–H groups in total. The number of aromatic carboxylic acids is 1. The van der Waals surface area contributed by atoms with Crippen molar-refractivity contribution in [3.8, 4) is 0 Å². The van der Waals surface area contributed by atoms with E-state index in [1.807, 2.05) is 0 Å². The number of carbonyl (C=O) groups is 2. The van der Waals surface area contributed by atoms with Gasteiger partial charge in [0, 0.05) is 11.1 Å². The predicted octanol–water partition coefficient (Wildman–Crippen LogP) is 1.52. The first kappa shape index (κ1) is 13.3. The Labute approximate surface area is 114 Å². The number of hydrogen-bond donors (Lipinski definition) is 4. The van der Waals surface area contributed by atoms with Crippen LogP contribution in [0, 0.1) is 0 Å². The summed E-state index contributed by atoms with van der Waals surface area (Å²) in [5, 5.41) is 17.3. The molecule has 0 aliphatic rings. The van der Waals surface area contributed by atoms with Crippen molar-refractivity contribution in [1.82, 2.24) is 10.3 Å². The molecular formula is C10H9N3O4S2. The molecule has 7 nitrogen and oxygen atoms in total. The van der Waals surface area contributed by atoms with Gasteiger partial charge in [0.15, 0.2) is 0 Å². The van der Waals surface area contributed by atoms with Gasteiger partial charge in [0.05, 0.1) is 12.1 Å². The van der Waals surface area contributed by atoms with Crippen molar-refractivity contribution in [3.05, 3.63) is 37.8 Å². The smallest absolute Gasteiger partial charge is 0.338 e. The predicted molar refractivity (Wildman–Crippen MR) is 72.1 cm³/mol. The van der Waals surface area contributed by atoms with Crippen LogP contribution in [0.5, 0.6) is 0 Å². The number of urea groups is 1. The highest BCUT2D eigenvalue weighted by molar-refractivity contribution is 7.14. The molecule has 0 bridgehead atoms. The average molecular weight is 299 g/mol. The maximum atomic E-state index is 11.6. The number of H-pyrrole nitrogens is 1. The quantitative estimate of drug-likeness (QED) is 0.685. The number of hydrogen-bond acceptors (Lipinski definition) is 5. The maximum Gasteiger partial charge on any atom is 0.338 e. The minimum Gasteiger partial charge on any atom is -0.478 e. The second kappa shape index (κ2) is 5.67. The first-order chi connectivity index (χ1) is 9.06. The largest absolute Gasteiger partial charge is 0.478 e. The van der Waals surface area contributed by atoms with Gasteiger partial charge in [0.25, 0.3) is 0 Å². The molecule has 9 heteroatoms. The van der Waals surface area contributed by atoms with Gasteiger partial charge in [-0.1, -0.05) is 11.3 Å². The zero-order valence-corrected chi connectivity index (χ0v) is 11.1. The number of anilines is 1. The third-order valence-electron chi connectivity index (χ3n) is 2.13. The van der Waals surface area contributed by atoms with Gasteiger partial charge in [-0.15, -0.1) is 11.3 Å². The number of rotatable bonds is 4. The fourth-order valence-corrected chi connectivity index (χ4v) is 2.65. The summed E-state index contributed by atoms with van der Waals surface area (Å²) in [6.07, 6.45) is 0. The first-order valence-corrected chi connectivity index (χ1v) is 6.84. The summed E-state index contributed by atoms with van der Waals surface area (Å²) in [6.45, 7) is 0.165. The number of amides is 2. The Hall–Kier alpha value is -2.13. The van der Waals surface area contributed by atoms with Crippen LogP contribution in [0.1, 0.15) is 16.1 Å². The van der Waals surface area contributed by atoms with Crippen LogP contribution >= 0.6 is 22.7 Å². The third-order valence-corrected chi connectivity index (χ3v) is 3.68. The summed E-state index contributed by atoms with van der Waals surface area (Å²) in [5.41, 5.74) is 0.638. The molecule has 0 atom stereocenters. The highest BCUT2D eigenvalue weighted by Crippen LogP contribution is 2.22. The van der Waals surface area contributed by atoms with Crippen LogP contribution in [0.2, 0.25) is 0 Å². The molecule has 2 aromatic rings. The fourth-order valence-electron chi connectivity index (χ4n) is 1.30. The molecule has 2 amide bonds. The van der Waals surface area contributed by atoms with E-state index in [4.69, 9.17) is 5.11 Å². The third kappa shape index (κ3) is 3.42. The van der Waals surface area contributed by atoms with Crippen LogP contribution in [0.4, 0.5) is 9.80 Å². The summed E-state index contributed by atoms with van der Waals surface area (Å²) in [4.78, 5) is 35.7. The summed E-state index contributed by atoms with van der Waals surface area (Å²) in [6, 6.07) is 0.885. The minimum absolute atomic E-state index is 0.0455. The van der Waals surface area contributed by atoms with Crippen LogP contribution in [0.25, 0.3) is 0 Å². The Kier molecular flexibility index (Phi) is 3.97. The van der Waals surface area contributed by atoms with E-state index in [1.165, 1.54) is 6.07 Å². The molecule has 2 rings (SSSR count). The minimum atomic E-state index is -1.10. The highest BCUT2D eigenvalue weighted by atomic mass is 32.1. The average Bonchev–Trinajstić information content (AvgIpc) is 2.95. The number of carboxylic acid groups (broad SMARTS) is 1. The lowest BCUT2D eigenvalue weighted by molar-refractivity contribution is 0.0698. The topological polar surface area (TPSA) is 111 Å². The van der Waals surface area contributed by atoms with Crippen LogP contribution < -0.4 is 15.5 Å². The number of aromatic amines is 1. The van der Waals surface area contributed by atoms with Crippen molar-refractivity contribution in [2.45, 2.75) is 6.54 Å². The van der Waals surface area contributed by atoms with Gasteiger partial charge < -0.3 is 15.4 Å². The number of aromatic nitrogens is 1. The molecule has 0 unspecified atom stereocenters. The van der Waals surface area contributed by atoms with Crippen LogP contribution in [-0.4, -0.2) is 22.1 Å². The van der Waals surface area contributed by atoms with Gasteiger partial charge in [-0.05, 0) is 11.4 Å². The van der Waals surface area contributed by atoms with Gasteiger partial charge in [0.2, 0.25) is 0 Å². The van der Waals surface area contributed by atoms with E-state index >= 15 is 0 Å². The normalized spacial score (nSPS) is 10.1. The number of thiazole rings is 1. The summed E-state index contributed by atoms with van der Waals surface area (Å²) >= 11 is 2.13. The van der Waals surface area contributed by atoms with Gasteiger partial charge in [-0.25, -0.2) is 9.59 Å². The van der Waals surface area contributed by atoms with Gasteiger partial charge >= 0.3 is 16.9 Å². The van der Waals surface area contributed by atoms with Gasteiger partial charge in [-0.2, -0.15) is 0 Å². The molecule has 0 aromatic carbocycles. The van der Waals surface area contributed by atoms with E-state index in [-0.39, 0.29) is 22.0 Å². The van der Waals surface area contributed by atoms with Crippen molar-refractivity contribution >= 4 is 39.7 Å². The molecule has 0 radical (unpaired) electrons. The zero-order chi connectivity index (χ0) is 13.8. The number of carboxylic acids is 1. The van der Waals surface area contributed by atoms with Crippen LogP contribution in [-0.2, 0) is 6.54 Å². The molecule has 100 valence electrons. The number of thiophene rings is 1. The second-order valence-electron chi connectivity index (χ2n) is 3.45. The molecule has 0 aliphatic carbocycles. The van der Waals surface area contributed by atoms with Crippen LogP contribution in [0.15, 0.2) is 21.6 Å².